The van der Waals surface area contributed by atoms with E-state index in [0.717, 1.165) is 32.7 Å². The molecular formula is C38H28N3OPtS2-3. The quantitative estimate of drug-likeness (QED) is 0.162. The second kappa shape index (κ2) is 11.8. The normalized spacial score (nSPS) is 13.2. The molecule has 1 aliphatic heterocycles. The van der Waals surface area contributed by atoms with Gasteiger partial charge in [0.25, 0.3) is 0 Å². The van der Waals surface area contributed by atoms with Gasteiger partial charge in [0, 0.05) is 49.1 Å². The second-order valence-electron chi connectivity index (χ2n) is 11.9. The minimum Gasteiger partial charge on any atom is -0.500 e. The molecule has 0 saturated heterocycles. The molecule has 0 aliphatic carbocycles. The van der Waals surface area contributed by atoms with Gasteiger partial charge < -0.3 is 14.5 Å². The molecule has 0 spiro atoms. The van der Waals surface area contributed by atoms with Gasteiger partial charge in [0.05, 0.1) is 0 Å². The fourth-order valence-corrected chi connectivity index (χ4v) is 7.35. The molecule has 7 heteroatoms. The van der Waals surface area contributed by atoms with E-state index in [1.165, 1.54) is 26.4 Å². The number of nitrogens with zero attached hydrogens (tertiary/aromatic N) is 3. The van der Waals surface area contributed by atoms with Crippen molar-refractivity contribution in [1.29, 1.82) is 0 Å². The number of benzene rings is 4. The molecular weight excluding hydrogens is 774 g/mol. The summed E-state index contributed by atoms with van der Waals surface area (Å²) >= 11 is 3.37. The van der Waals surface area contributed by atoms with Crippen molar-refractivity contribution < 1.29 is 25.8 Å². The van der Waals surface area contributed by atoms with E-state index in [9.17, 15) is 0 Å². The predicted molar refractivity (Wildman–Crippen MR) is 186 cm³/mol. The fraction of sp³-hybridized carbons (Fsp3) is 0.105. The molecule has 0 unspecified atom stereocenters. The average Bonchev–Trinajstić information content (AvgIpc) is 3.79. The zero-order chi connectivity index (χ0) is 29.8. The van der Waals surface area contributed by atoms with E-state index < -0.39 is 0 Å². The fourth-order valence-electron chi connectivity index (χ4n) is 5.61. The summed E-state index contributed by atoms with van der Waals surface area (Å²) in [4.78, 5) is 9.01. The Morgan fingerprint density at radius 3 is 2.49 bits per heavy atom. The first-order valence-corrected chi connectivity index (χ1v) is 16.2. The van der Waals surface area contributed by atoms with E-state index in [4.69, 9.17) is 9.72 Å². The first-order chi connectivity index (χ1) is 21.4. The Morgan fingerprint density at radius 1 is 0.822 bits per heavy atom. The largest absolute Gasteiger partial charge is 0.500 e. The molecule has 226 valence electrons. The summed E-state index contributed by atoms with van der Waals surface area (Å²) in [5.41, 5.74) is 5.31. The number of thiophene rings is 2. The zero-order valence-electron chi connectivity index (χ0n) is 24.9. The third-order valence-electron chi connectivity index (χ3n) is 7.91. The number of aromatic nitrogens is 1. The van der Waals surface area contributed by atoms with E-state index >= 15 is 0 Å². The van der Waals surface area contributed by atoms with Gasteiger partial charge in [-0.05, 0) is 75.9 Å². The van der Waals surface area contributed by atoms with Crippen LogP contribution < -0.4 is 14.5 Å². The van der Waals surface area contributed by atoms with Gasteiger partial charge in [-0.25, -0.2) is 0 Å². The van der Waals surface area contributed by atoms with Crippen LogP contribution in [0.15, 0.2) is 109 Å². The summed E-state index contributed by atoms with van der Waals surface area (Å²) in [7, 11) is 0. The Morgan fingerprint density at radius 2 is 1.64 bits per heavy atom. The van der Waals surface area contributed by atoms with Gasteiger partial charge in [0.1, 0.15) is 5.06 Å². The summed E-state index contributed by atoms with van der Waals surface area (Å²) in [5, 5.41) is 7.49. The standard InChI is InChI=1S/C38H28N3OS2.Pt/c1-38(2,3)27-12-14-39-33(21-27)37-31-18-25-13-17-43-34(25)19-26(31)20-35-32(37)23-36(44-35)42-30-11-7-10-29(22-30)41-16-15-40(24-41)28-8-5-4-6-9-28;/h4-21,24H,1-3H3;/q-3;. The second-order valence-corrected chi connectivity index (χ2v) is 13.9. The summed E-state index contributed by atoms with van der Waals surface area (Å²) < 4.78 is 8.84. The van der Waals surface area contributed by atoms with Crippen molar-refractivity contribution >= 4 is 65.0 Å². The summed E-state index contributed by atoms with van der Waals surface area (Å²) in [6, 6.07) is 36.7. The van der Waals surface area contributed by atoms with Crippen molar-refractivity contribution in [1.82, 2.24) is 4.98 Å². The summed E-state index contributed by atoms with van der Waals surface area (Å²) in [6.07, 6.45) is 5.99. The van der Waals surface area contributed by atoms with E-state index in [1.54, 1.807) is 22.7 Å². The number of pyridine rings is 1. The van der Waals surface area contributed by atoms with Crippen LogP contribution in [-0.4, -0.2) is 4.98 Å². The monoisotopic (exact) mass is 801 g/mol. The molecule has 0 atom stereocenters. The summed E-state index contributed by atoms with van der Waals surface area (Å²) in [6.45, 7) is 8.75. The van der Waals surface area contributed by atoms with Gasteiger partial charge in [-0.15, -0.1) is 48.0 Å². The van der Waals surface area contributed by atoms with Crippen LogP contribution in [0.2, 0.25) is 0 Å². The van der Waals surface area contributed by atoms with Crippen LogP contribution in [0, 0.1) is 18.8 Å². The molecule has 0 N–H and O–H groups in total. The number of fused-ring (bicyclic) bond motifs is 3. The van der Waals surface area contributed by atoms with Crippen LogP contribution >= 0.6 is 22.7 Å². The number of hydrogen-bond donors (Lipinski definition) is 0. The van der Waals surface area contributed by atoms with E-state index in [-0.39, 0.29) is 26.5 Å². The molecule has 0 bridgehead atoms. The van der Waals surface area contributed by atoms with Gasteiger partial charge in [-0.3, -0.25) is 4.98 Å². The Hall–Kier alpha value is -3.96. The molecule has 0 saturated carbocycles. The molecule has 1 aliphatic rings. The number of ether oxygens (including phenoxy) is 1. The molecule has 8 rings (SSSR count). The minimum absolute atomic E-state index is 0. The molecule has 3 aromatic heterocycles. The number of rotatable bonds is 5. The molecule has 7 aromatic rings. The van der Waals surface area contributed by atoms with Gasteiger partial charge in [0.15, 0.2) is 0 Å². The Labute approximate surface area is 285 Å². The van der Waals surface area contributed by atoms with Crippen LogP contribution in [0.25, 0.3) is 42.2 Å². The third-order valence-corrected chi connectivity index (χ3v) is 9.71. The van der Waals surface area contributed by atoms with Crippen LogP contribution in [0.3, 0.4) is 0 Å². The van der Waals surface area contributed by atoms with Gasteiger partial charge in [-0.2, -0.15) is 22.8 Å². The molecule has 0 amide bonds. The maximum atomic E-state index is 6.44. The van der Waals surface area contributed by atoms with Crippen molar-refractivity contribution in [3.8, 4) is 22.1 Å². The molecule has 0 fully saturated rings. The van der Waals surface area contributed by atoms with Crippen LogP contribution in [-0.2, 0) is 26.5 Å². The summed E-state index contributed by atoms with van der Waals surface area (Å²) in [5.74, 6) is 0.643. The Bertz CT molecular complexity index is 2200. The van der Waals surface area contributed by atoms with Crippen molar-refractivity contribution in [3.63, 3.8) is 0 Å². The molecule has 4 heterocycles. The maximum absolute atomic E-state index is 6.44. The van der Waals surface area contributed by atoms with Gasteiger partial charge in [-0.1, -0.05) is 66.8 Å². The van der Waals surface area contributed by atoms with Crippen LogP contribution in [0.1, 0.15) is 26.3 Å². The first kappa shape index (κ1) is 29.7. The number of anilines is 2. The zero-order valence-corrected chi connectivity index (χ0v) is 28.8. The molecule has 4 aromatic carbocycles. The smallest absolute Gasteiger partial charge is 0.107 e. The van der Waals surface area contributed by atoms with Crippen molar-refractivity contribution in [2.45, 2.75) is 26.2 Å². The van der Waals surface area contributed by atoms with Gasteiger partial charge >= 0.3 is 0 Å². The van der Waals surface area contributed by atoms with Gasteiger partial charge in [0.2, 0.25) is 0 Å². The molecule has 45 heavy (non-hydrogen) atoms. The topological polar surface area (TPSA) is 28.6 Å². The first-order valence-electron chi connectivity index (χ1n) is 14.5. The van der Waals surface area contributed by atoms with Crippen molar-refractivity contribution in [2.75, 3.05) is 9.80 Å². The minimum atomic E-state index is 0. The maximum Gasteiger partial charge on any atom is 0.107 e. The number of hydrogen-bond acceptors (Lipinski definition) is 6. The van der Waals surface area contributed by atoms with Crippen LogP contribution in [0.4, 0.5) is 11.4 Å². The van der Waals surface area contributed by atoms with E-state index in [2.05, 4.69) is 91.7 Å². The molecule has 4 nitrogen and oxygen atoms in total. The molecule has 0 radical (unpaired) electrons. The predicted octanol–water partition coefficient (Wildman–Crippen LogP) is 10.9. The van der Waals surface area contributed by atoms with Crippen molar-refractivity contribution in [2.24, 2.45) is 0 Å². The van der Waals surface area contributed by atoms with E-state index in [1.807, 2.05) is 66.6 Å². The average molecular weight is 802 g/mol. The van der Waals surface area contributed by atoms with Crippen molar-refractivity contribution in [3.05, 3.63) is 133 Å². The number of para-hydroxylation sites is 1. The van der Waals surface area contributed by atoms with E-state index in [0.29, 0.717) is 10.8 Å². The Kier molecular flexibility index (Phi) is 7.77. The SMILES string of the molecule is CC(C)(C)c1ccnc(-c2c3[c-]c(Oc4[c-]c(N5C=CN(c6ccccc6)[CH-]5)ccc4)sc3cc3cc4sccc4cc23)c1.[Pt]. The third kappa shape index (κ3) is 5.67. The Balaban J connectivity index is 0.00000325. The van der Waals surface area contributed by atoms with Crippen LogP contribution in [0.5, 0.6) is 10.8 Å².